The summed E-state index contributed by atoms with van der Waals surface area (Å²) in [5.74, 6) is -0.0217. The predicted molar refractivity (Wildman–Crippen MR) is 65.0 cm³/mol. The Hall–Kier alpha value is -1.58. The Morgan fingerprint density at radius 3 is 2.76 bits per heavy atom. The van der Waals surface area contributed by atoms with E-state index >= 15 is 0 Å². The number of hydrogen-bond acceptors (Lipinski definition) is 3. The number of carbonyl (C=O) groups is 2. The van der Waals surface area contributed by atoms with Crippen LogP contribution in [0.4, 0.5) is 0 Å². The maximum Gasteiger partial charge on any atom is 0.249 e. The van der Waals surface area contributed by atoms with Crippen LogP contribution < -0.4 is 10.6 Å². The summed E-state index contributed by atoms with van der Waals surface area (Å²) in [6.45, 7) is 3.83. The minimum Gasteiger partial charge on any atom is -0.362 e. The molecule has 92 valence electrons. The molecular weight excluding hydrogens is 216 g/mol. The monoisotopic (exact) mass is 234 g/mol. The topological polar surface area (TPSA) is 58.2 Å². The highest BCUT2D eigenvalue weighted by atomic mass is 16.1. The molecule has 1 unspecified atom stereocenters. The third kappa shape index (κ3) is 1.88. The molecular formula is C13H18N2O2. The normalized spacial score (nSPS) is 24.4. The van der Waals surface area contributed by atoms with Gasteiger partial charge in [-0.2, -0.15) is 0 Å². The van der Waals surface area contributed by atoms with Crippen LogP contribution in [-0.2, 0) is 9.59 Å². The Morgan fingerprint density at radius 1 is 1.41 bits per heavy atom. The van der Waals surface area contributed by atoms with Crippen molar-refractivity contribution in [3.63, 3.8) is 0 Å². The highest BCUT2D eigenvalue weighted by molar-refractivity contribution is 6.03. The van der Waals surface area contributed by atoms with Crippen LogP contribution >= 0.6 is 0 Å². The first-order valence-electron chi connectivity index (χ1n) is 6.02. The Morgan fingerprint density at radius 2 is 2.12 bits per heavy atom. The van der Waals surface area contributed by atoms with E-state index in [-0.39, 0.29) is 17.6 Å². The van der Waals surface area contributed by atoms with Crippen molar-refractivity contribution in [2.75, 3.05) is 7.05 Å². The number of nitrogens with one attached hydrogen (secondary N) is 2. The van der Waals surface area contributed by atoms with E-state index in [0.29, 0.717) is 12.0 Å². The van der Waals surface area contributed by atoms with Crippen molar-refractivity contribution in [1.82, 2.24) is 10.6 Å². The number of rotatable bonds is 1. The number of ketones is 1. The molecule has 4 nitrogen and oxygen atoms in total. The summed E-state index contributed by atoms with van der Waals surface area (Å²) in [5.41, 5.74) is 3.37. The SMILES string of the molecule is CNC(=O)C1=C(C)NC2=C(C(=O)CCC2)C1C. The van der Waals surface area contributed by atoms with Crippen LogP contribution in [0.1, 0.15) is 33.1 Å². The van der Waals surface area contributed by atoms with Gasteiger partial charge in [0.2, 0.25) is 5.91 Å². The van der Waals surface area contributed by atoms with Gasteiger partial charge in [-0.1, -0.05) is 6.92 Å². The molecule has 17 heavy (non-hydrogen) atoms. The standard InChI is InChI=1S/C13H18N2O2/c1-7-11(13(17)14-3)8(2)15-9-5-4-6-10(16)12(7)9/h7,15H,4-6H2,1-3H3,(H,14,17). The van der Waals surface area contributed by atoms with Crippen LogP contribution in [0.15, 0.2) is 22.5 Å². The lowest BCUT2D eigenvalue weighted by atomic mass is 9.79. The lowest BCUT2D eigenvalue weighted by Crippen LogP contribution is -2.36. The van der Waals surface area contributed by atoms with Gasteiger partial charge in [-0.05, 0) is 19.8 Å². The lowest BCUT2D eigenvalue weighted by Gasteiger charge is -2.32. The molecule has 4 heteroatoms. The van der Waals surface area contributed by atoms with Crippen molar-refractivity contribution in [3.05, 3.63) is 22.5 Å². The number of likely N-dealkylation sites (N-methyl/N-ethyl adjacent to an activating group) is 1. The molecule has 2 aliphatic rings. The molecule has 0 saturated carbocycles. The van der Waals surface area contributed by atoms with Crippen molar-refractivity contribution in [3.8, 4) is 0 Å². The van der Waals surface area contributed by atoms with E-state index in [1.54, 1.807) is 7.05 Å². The van der Waals surface area contributed by atoms with Crippen LogP contribution in [-0.4, -0.2) is 18.7 Å². The second-order valence-corrected chi connectivity index (χ2v) is 4.63. The molecule has 0 spiro atoms. The molecule has 2 rings (SSSR count). The quantitative estimate of drug-likeness (QED) is 0.718. The van der Waals surface area contributed by atoms with Gasteiger partial charge in [0, 0.05) is 41.9 Å². The van der Waals surface area contributed by atoms with E-state index in [1.165, 1.54) is 0 Å². The molecule has 0 saturated heterocycles. The third-order valence-corrected chi connectivity index (χ3v) is 3.54. The third-order valence-electron chi connectivity index (χ3n) is 3.54. The molecule has 2 N–H and O–H groups in total. The molecule has 0 radical (unpaired) electrons. The van der Waals surface area contributed by atoms with Crippen LogP contribution in [0.5, 0.6) is 0 Å². The average Bonchev–Trinajstić information content (AvgIpc) is 2.28. The fourth-order valence-corrected chi connectivity index (χ4v) is 2.76. The van der Waals surface area contributed by atoms with Gasteiger partial charge in [0.15, 0.2) is 5.78 Å². The maximum absolute atomic E-state index is 11.9. The summed E-state index contributed by atoms with van der Waals surface area (Å²) in [7, 11) is 1.61. The molecule has 1 amide bonds. The van der Waals surface area contributed by atoms with Crippen LogP contribution in [0.2, 0.25) is 0 Å². The summed E-state index contributed by atoms with van der Waals surface area (Å²) in [4.78, 5) is 23.8. The number of dihydropyridines is 1. The number of carbonyl (C=O) groups excluding carboxylic acids is 2. The highest BCUT2D eigenvalue weighted by Gasteiger charge is 2.34. The molecule has 1 atom stereocenters. The van der Waals surface area contributed by atoms with Crippen molar-refractivity contribution in [2.24, 2.45) is 5.92 Å². The number of allylic oxidation sites excluding steroid dienone is 3. The predicted octanol–water partition coefficient (Wildman–Crippen LogP) is 1.25. The first-order valence-corrected chi connectivity index (χ1v) is 6.02. The fraction of sp³-hybridized carbons (Fsp3) is 0.538. The minimum atomic E-state index is -0.104. The minimum absolute atomic E-state index is 0.0981. The Balaban J connectivity index is 2.41. The zero-order valence-electron chi connectivity index (χ0n) is 10.5. The van der Waals surface area contributed by atoms with E-state index in [9.17, 15) is 9.59 Å². The summed E-state index contributed by atoms with van der Waals surface area (Å²) >= 11 is 0. The van der Waals surface area contributed by atoms with Gasteiger partial charge in [-0.3, -0.25) is 9.59 Å². The van der Waals surface area contributed by atoms with Gasteiger partial charge in [-0.25, -0.2) is 0 Å². The van der Waals surface area contributed by atoms with Gasteiger partial charge in [0.25, 0.3) is 0 Å². The molecule has 1 aliphatic heterocycles. The second-order valence-electron chi connectivity index (χ2n) is 4.63. The molecule has 1 heterocycles. The van der Waals surface area contributed by atoms with E-state index in [2.05, 4.69) is 10.6 Å². The average molecular weight is 234 g/mol. The smallest absolute Gasteiger partial charge is 0.249 e. The first-order chi connectivity index (χ1) is 8.06. The largest absolute Gasteiger partial charge is 0.362 e. The maximum atomic E-state index is 11.9. The zero-order valence-corrected chi connectivity index (χ0v) is 10.5. The number of Topliss-reactive ketones (excluding diaryl/α,β-unsaturated/α-hetero) is 1. The van der Waals surface area contributed by atoms with Crippen molar-refractivity contribution >= 4 is 11.7 Å². The molecule has 0 aromatic heterocycles. The van der Waals surface area contributed by atoms with Crippen molar-refractivity contribution in [1.29, 1.82) is 0 Å². The molecule has 0 bridgehead atoms. The summed E-state index contributed by atoms with van der Waals surface area (Å²) < 4.78 is 0. The Kier molecular flexibility index (Phi) is 3.05. The van der Waals surface area contributed by atoms with Crippen molar-refractivity contribution < 1.29 is 9.59 Å². The Bertz CT molecular complexity index is 446. The summed E-state index contributed by atoms with van der Waals surface area (Å²) in [6.07, 6.45) is 2.41. The lowest BCUT2D eigenvalue weighted by molar-refractivity contribution is -0.117. The Labute approximate surface area is 101 Å². The number of amides is 1. The zero-order chi connectivity index (χ0) is 12.6. The van der Waals surface area contributed by atoms with Crippen LogP contribution in [0, 0.1) is 5.92 Å². The molecule has 1 aliphatic carbocycles. The van der Waals surface area contributed by atoms with Gasteiger partial charge in [0.1, 0.15) is 0 Å². The van der Waals surface area contributed by atoms with Crippen molar-refractivity contribution in [2.45, 2.75) is 33.1 Å². The van der Waals surface area contributed by atoms with E-state index in [1.807, 2.05) is 13.8 Å². The second kappa shape index (κ2) is 4.35. The van der Waals surface area contributed by atoms with Crippen LogP contribution in [0.25, 0.3) is 0 Å². The van der Waals surface area contributed by atoms with E-state index < -0.39 is 0 Å². The van der Waals surface area contributed by atoms with E-state index in [4.69, 9.17) is 0 Å². The molecule has 0 fully saturated rings. The van der Waals surface area contributed by atoms with Gasteiger partial charge < -0.3 is 10.6 Å². The van der Waals surface area contributed by atoms with E-state index in [0.717, 1.165) is 29.8 Å². The summed E-state index contributed by atoms with van der Waals surface area (Å²) in [5, 5.41) is 5.86. The number of hydrogen-bond donors (Lipinski definition) is 2. The first kappa shape index (κ1) is 11.9. The van der Waals surface area contributed by atoms with Crippen LogP contribution in [0.3, 0.4) is 0 Å². The molecule has 0 aromatic rings. The van der Waals surface area contributed by atoms with Gasteiger partial charge in [-0.15, -0.1) is 0 Å². The summed E-state index contributed by atoms with van der Waals surface area (Å²) in [6, 6.07) is 0. The molecule has 0 aromatic carbocycles. The van der Waals surface area contributed by atoms with Gasteiger partial charge in [0.05, 0.1) is 0 Å². The van der Waals surface area contributed by atoms with Gasteiger partial charge >= 0.3 is 0 Å². The fourth-order valence-electron chi connectivity index (χ4n) is 2.76. The highest BCUT2D eigenvalue weighted by Crippen LogP contribution is 2.35.